The molecule has 0 saturated carbocycles. The van der Waals surface area contributed by atoms with E-state index in [0.29, 0.717) is 18.9 Å². The molecule has 182 valence electrons. The Kier molecular flexibility index (Phi) is 7.48. The zero-order valence-electron chi connectivity index (χ0n) is 19.6. The number of carbonyl (C=O) groups excluding carboxylic acids is 3. The molecule has 3 atom stereocenters. The Morgan fingerprint density at radius 1 is 1.18 bits per heavy atom. The van der Waals surface area contributed by atoms with E-state index in [1.165, 1.54) is 18.7 Å². The molecule has 1 aromatic carbocycles. The molecule has 1 aromatic heterocycles. The summed E-state index contributed by atoms with van der Waals surface area (Å²) in [5.74, 6) is -1.71. The van der Waals surface area contributed by atoms with Crippen LogP contribution < -0.4 is 10.3 Å². The number of benzene rings is 1. The number of rotatable bonds is 5. The first-order valence-electron chi connectivity index (χ1n) is 10.5. The van der Waals surface area contributed by atoms with Gasteiger partial charge in [-0.15, -0.1) is 0 Å². The van der Waals surface area contributed by atoms with Crippen molar-refractivity contribution >= 4 is 18.4 Å². The first-order valence-corrected chi connectivity index (χ1v) is 10.5. The maximum atomic E-state index is 12.8. The van der Waals surface area contributed by atoms with Crippen LogP contribution in [0.25, 0.3) is 0 Å². The van der Waals surface area contributed by atoms with E-state index in [1.54, 1.807) is 30.3 Å². The number of fused-ring (bicyclic) bond motifs is 1. The molecule has 0 spiro atoms. The average molecular weight is 473 g/mol. The van der Waals surface area contributed by atoms with Gasteiger partial charge in [-0.1, -0.05) is 18.2 Å². The average Bonchev–Trinajstić information content (AvgIpc) is 3.26. The van der Waals surface area contributed by atoms with E-state index in [0.717, 1.165) is 6.54 Å². The van der Waals surface area contributed by atoms with Crippen LogP contribution in [0.4, 0.5) is 0 Å². The van der Waals surface area contributed by atoms with Crippen LogP contribution in [0.2, 0.25) is 0 Å². The van der Waals surface area contributed by atoms with Crippen LogP contribution in [0.3, 0.4) is 0 Å². The smallest absolute Gasteiger partial charge is 0.360 e. The van der Waals surface area contributed by atoms with Crippen LogP contribution >= 0.6 is 0 Å². The second-order valence-corrected chi connectivity index (χ2v) is 8.53. The van der Waals surface area contributed by atoms with Crippen molar-refractivity contribution in [1.82, 2.24) is 14.5 Å². The van der Waals surface area contributed by atoms with Crippen molar-refractivity contribution in [2.75, 3.05) is 20.3 Å². The summed E-state index contributed by atoms with van der Waals surface area (Å²) in [7, 11) is 2.68. The molecule has 11 nitrogen and oxygen atoms in total. The molecule has 0 bridgehead atoms. The lowest BCUT2D eigenvalue weighted by Gasteiger charge is -2.14. The van der Waals surface area contributed by atoms with E-state index in [2.05, 4.69) is 9.72 Å². The number of nitrogens with zero attached hydrogens (tertiary/aromatic N) is 3. The third kappa shape index (κ3) is 5.49. The first kappa shape index (κ1) is 25.1. The lowest BCUT2D eigenvalue weighted by atomic mass is 10.2. The summed E-state index contributed by atoms with van der Waals surface area (Å²) in [5.41, 5.74) is -1.04. The van der Waals surface area contributed by atoms with Crippen LogP contribution in [-0.2, 0) is 26.1 Å². The van der Waals surface area contributed by atoms with Gasteiger partial charge in [-0.05, 0) is 32.9 Å². The van der Waals surface area contributed by atoms with E-state index in [4.69, 9.17) is 14.2 Å². The van der Waals surface area contributed by atoms with Gasteiger partial charge in [0.05, 0.1) is 19.3 Å². The molecule has 11 heteroatoms. The molecule has 0 N–H and O–H groups in total. The third-order valence-electron chi connectivity index (χ3n) is 5.04. The molecule has 34 heavy (non-hydrogen) atoms. The second-order valence-electron chi connectivity index (χ2n) is 8.53. The monoisotopic (exact) mass is 473 g/mol. The van der Waals surface area contributed by atoms with E-state index in [1.807, 2.05) is 25.7 Å². The zero-order valence-corrected chi connectivity index (χ0v) is 19.6. The lowest BCUT2D eigenvalue weighted by molar-refractivity contribution is -0.138. The van der Waals surface area contributed by atoms with E-state index in [9.17, 15) is 19.2 Å². The van der Waals surface area contributed by atoms with Crippen molar-refractivity contribution in [2.45, 2.75) is 38.6 Å². The summed E-state index contributed by atoms with van der Waals surface area (Å²) in [6.07, 6.45) is -0.147. The molecule has 4 rings (SSSR count). The highest BCUT2D eigenvalue weighted by atomic mass is 16.6. The van der Waals surface area contributed by atoms with Gasteiger partial charge in [-0.3, -0.25) is 19.1 Å². The Hall–Kier alpha value is -3.57. The zero-order chi connectivity index (χ0) is 25.0. The fourth-order valence-corrected chi connectivity index (χ4v) is 3.32. The minimum Gasteiger partial charge on any atom is -0.464 e. The quantitative estimate of drug-likeness (QED) is 0.358. The summed E-state index contributed by atoms with van der Waals surface area (Å²) < 4.78 is 21.3. The molecule has 0 amide bonds. The predicted octanol–water partition coefficient (Wildman–Crippen LogP) is 1.46. The van der Waals surface area contributed by atoms with Crippen molar-refractivity contribution in [2.24, 2.45) is 7.05 Å². The third-order valence-corrected chi connectivity index (χ3v) is 5.04. The Labute approximate surface area is 196 Å². The number of hydrogen-bond acceptors (Lipinski definition) is 10. The fraction of sp³-hybridized carbons (Fsp3) is 0.435. The van der Waals surface area contributed by atoms with Crippen LogP contribution in [0.5, 0.6) is 5.75 Å². The van der Waals surface area contributed by atoms with E-state index in [-0.39, 0.29) is 29.1 Å². The summed E-state index contributed by atoms with van der Waals surface area (Å²) in [6.45, 7) is 7.26. The molecule has 2 fully saturated rings. The van der Waals surface area contributed by atoms with Crippen LogP contribution in [0.1, 0.15) is 53.5 Å². The summed E-state index contributed by atoms with van der Waals surface area (Å²) >= 11 is 0. The van der Waals surface area contributed by atoms with Crippen molar-refractivity contribution in [3.8, 4) is 5.75 Å². The van der Waals surface area contributed by atoms with Gasteiger partial charge in [0.1, 0.15) is 23.7 Å². The van der Waals surface area contributed by atoms with E-state index >= 15 is 0 Å². The molecule has 3 heterocycles. The van der Waals surface area contributed by atoms with Crippen molar-refractivity contribution < 1.29 is 33.3 Å². The summed E-state index contributed by atoms with van der Waals surface area (Å²) in [6, 6.07) is 7.95. The number of methoxy groups -OCH3 is 1. The Morgan fingerprint density at radius 2 is 1.85 bits per heavy atom. The maximum Gasteiger partial charge on any atom is 0.360 e. The van der Waals surface area contributed by atoms with Crippen LogP contribution in [-0.4, -0.2) is 65.0 Å². The Bertz CT molecular complexity index is 1110. The summed E-state index contributed by atoms with van der Waals surface area (Å²) in [5, 5.41) is 0. The normalized spacial score (nSPS) is 20.3. The highest BCUT2D eigenvalue weighted by molar-refractivity contribution is 5.94. The largest absolute Gasteiger partial charge is 0.464 e. The van der Waals surface area contributed by atoms with Gasteiger partial charge >= 0.3 is 11.9 Å². The standard InChI is InChI=1S/C18H17N3O6.C5H10O2/c1-20-14(12-16-21(12)8-9-26-16)19-11(18(24)25-2)13(15(20)22)27-17(23)10-6-4-3-5-7-10;1-5(2,3)7-4-6/h3-7,12,16H,8-9H2,1-2H3;4H,1-3H3. The van der Waals surface area contributed by atoms with Crippen molar-refractivity contribution in [3.05, 3.63) is 57.8 Å². The topological polar surface area (TPSA) is 126 Å². The van der Waals surface area contributed by atoms with Gasteiger partial charge in [-0.25, -0.2) is 14.6 Å². The predicted molar refractivity (Wildman–Crippen MR) is 118 cm³/mol. The van der Waals surface area contributed by atoms with Gasteiger partial charge in [0.25, 0.3) is 12.0 Å². The van der Waals surface area contributed by atoms with Gasteiger partial charge in [0.2, 0.25) is 5.75 Å². The Morgan fingerprint density at radius 3 is 2.35 bits per heavy atom. The molecule has 2 aliphatic heterocycles. The number of morpholine rings is 1. The first-order chi connectivity index (χ1) is 16.1. The molecule has 3 unspecified atom stereocenters. The number of aromatic nitrogens is 2. The molecular weight excluding hydrogens is 446 g/mol. The van der Waals surface area contributed by atoms with Crippen molar-refractivity contribution in [3.63, 3.8) is 0 Å². The highest BCUT2D eigenvalue weighted by Gasteiger charge is 2.55. The fourth-order valence-electron chi connectivity index (χ4n) is 3.32. The minimum atomic E-state index is -0.855. The maximum absolute atomic E-state index is 12.8. The van der Waals surface area contributed by atoms with Crippen LogP contribution in [0, 0.1) is 0 Å². The molecule has 2 aromatic rings. The molecule has 0 aliphatic carbocycles. The number of carbonyl (C=O) groups is 3. The number of hydrogen-bond donors (Lipinski definition) is 0. The summed E-state index contributed by atoms with van der Waals surface area (Å²) in [4.78, 5) is 53.3. The SMILES string of the molecule is CC(C)(C)OC=O.COC(=O)c1nc(C2C3OCCN32)n(C)c(=O)c1OC(=O)c1ccccc1. The number of esters is 2. The number of ether oxygens (including phenoxy) is 4. The lowest BCUT2D eigenvalue weighted by Crippen LogP contribution is -2.30. The molecule has 2 aliphatic rings. The van der Waals surface area contributed by atoms with Gasteiger partial charge in [0, 0.05) is 13.6 Å². The second kappa shape index (κ2) is 10.1. The van der Waals surface area contributed by atoms with E-state index < -0.39 is 23.2 Å². The van der Waals surface area contributed by atoms with Crippen LogP contribution in [0.15, 0.2) is 35.1 Å². The Balaban J connectivity index is 0.000000406. The highest BCUT2D eigenvalue weighted by Crippen LogP contribution is 2.45. The van der Waals surface area contributed by atoms with Gasteiger partial charge in [-0.2, -0.15) is 0 Å². The molecular formula is C23H27N3O8. The molecule has 0 radical (unpaired) electrons. The van der Waals surface area contributed by atoms with Crippen molar-refractivity contribution in [1.29, 1.82) is 0 Å². The van der Waals surface area contributed by atoms with Gasteiger partial charge in [0.15, 0.2) is 5.69 Å². The molecule has 2 saturated heterocycles. The minimum absolute atomic E-state index is 0.147. The van der Waals surface area contributed by atoms with Gasteiger partial charge < -0.3 is 18.9 Å².